The zero-order chi connectivity index (χ0) is 10.1. The summed E-state index contributed by atoms with van der Waals surface area (Å²) in [6, 6.07) is 0. The maximum absolute atomic E-state index is 10.7. The van der Waals surface area contributed by atoms with Crippen LogP contribution in [0, 0.1) is 0 Å². The fourth-order valence-electron chi connectivity index (χ4n) is 0.123. The van der Waals surface area contributed by atoms with Crippen LogP contribution >= 0.6 is 11.6 Å². The van der Waals surface area contributed by atoms with Crippen molar-refractivity contribution < 1.29 is 23.1 Å². The van der Waals surface area contributed by atoms with Crippen molar-refractivity contribution in [3.8, 4) is 0 Å². The third-order valence-corrected chi connectivity index (χ3v) is 0.605. The summed E-state index contributed by atoms with van der Waals surface area (Å²) in [6.07, 6.45) is -1.07. The molecule has 0 bridgehead atoms. The van der Waals surface area contributed by atoms with Crippen LogP contribution in [-0.2, 0) is 4.79 Å². The van der Waals surface area contributed by atoms with Crippen molar-refractivity contribution in [1.29, 1.82) is 0 Å². The van der Waals surface area contributed by atoms with Crippen LogP contribution in [0.2, 0.25) is 0 Å². The highest BCUT2D eigenvalue weighted by Gasteiger charge is 1.95. The highest BCUT2D eigenvalue weighted by molar-refractivity contribution is 6.28. The molecule has 0 radical (unpaired) electrons. The Hall–Kier alpha value is -0.970. The Bertz CT molecular complexity index is 173. The minimum atomic E-state index is -2.48. The van der Waals surface area contributed by atoms with Gasteiger partial charge in [0.2, 0.25) is 0 Å². The summed E-state index contributed by atoms with van der Waals surface area (Å²) in [5.41, 5.74) is 0. The number of carboxylic acids is 1. The lowest BCUT2D eigenvalue weighted by atomic mass is 10.4. The van der Waals surface area contributed by atoms with Crippen LogP contribution in [0.5, 0.6) is 0 Å². The highest BCUT2D eigenvalue weighted by atomic mass is 35.5. The molecule has 0 saturated heterocycles. The lowest BCUT2D eigenvalue weighted by Gasteiger charge is -1.75. The summed E-state index contributed by atoms with van der Waals surface area (Å²) in [7, 11) is 0. The van der Waals surface area contributed by atoms with Gasteiger partial charge in [0.1, 0.15) is 0 Å². The number of halogens is 4. The second kappa shape index (κ2) is 8.13. The fraction of sp³-hybridized carbons (Fsp3) is 0.167. The number of carboxylic acid groups (broad SMARTS) is 1. The third-order valence-electron chi connectivity index (χ3n) is 0.462. The van der Waals surface area contributed by atoms with E-state index in [0.717, 1.165) is 0 Å². The van der Waals surface area contributed by atoms with Crippen molar-refractivity contribution in [1.82, 2.24) is 0 Å². The second-order valence-corrected chi connectivity index (χ2v) is 1.74. The first-order valence-electron chi connectivity index (χ1n) is 2.60. The average Bonchev–Trinajstić information content (AvgIpc) is 1.87. The van der Waals surface area contributed by atoms with Gasteiger partial charge in [-0.3, -0.25) is 4.79 Å². The zero-order valence-corrected chi connectivity index (χ0v) is 6.61. The summed E-state index contributed by atoms with van der Waals surface area (Å²) in [4.78, 5) is 9.53. The molecule has 1 N–H and O–H groups in total. The van der Waals surface area contributed by atoms with Crippen LogP contribution in [0.4, 0.5) is 13.2 Å². The SMILES string of the molecule is C=CCC(=O)O.FC(F)=C(F)Cl. The molecular formula is C6H6ClF3O2. The Morgan fingerprint density at radius 1 is 1.50 bits per heavy atom. The number of hydrogen-bond donors (Lipinski definition) is 1. The van der Waals surface area contributed by atoms with E-state index in [1.807, 2.05) is 0 Å². The number of carbonyl (C=O) groups is 1. The molecule has 0 atom stereocenters. The lowest BCUT2D eigenvalue weighted by molar-refractivity contribution is -0.135. The van der Waals surface area contributed by atoms with Gasteiger partial charge in [0, 0.05) is 0 Å². The van der Waals surface area contributed by atoms with Crippen LogP contribution < -0.4 is 0 Å². The first-order valence-corrected chi connectivity index (χ1v) is 2.98. The van der Waals surface area contributed by atoms with Crippen molar-refractivity contribution in [3.05, 3.63) is 24.0 Å². The van der Waals surface area contributed by atoms with Gasteiger partial charge in [-0.1, -0.05) is 6.08 Å². The summed E-state index contributed by atoms with van der Waals surface area (Å²) in [5.74, 6) is -0.829. The molecule has 0 aliphatic heterocycles. The van der Waals surface area contributed by atoms with Crippen LogP contribution in [0.3, 0.4) is 0 Å². The normalized spacial score (nSPS) is 7.67. The summed E-state index contributed by atoms with van der Waals surface area (Å²) in [6.45, 7) is 3.22. The first-order chi connectivity index (χ1) is 5.41. The molecule has 0 heterocycles. The van der Waals surface area contributed by atoms with Crippen LogP contribution in [0.1, 0.15) is 6.42 Å². The molecule has 70 valence electrons. The van der Waals surface area contributed by atoms with Crippen molar-refractivity contribution in [2.45, 2.75) is 6.42 Å². The van der Waals surface area contributed by atoms with Gasteiger partial charge in [-0.05, 0) is 11.6 Å². The summed E-state index contributed by atoms with van der Waals surface area (Å²) < 4.78 is 31.8. The molecule has 0 aromatic carbocycles. The highest BCUT2D eigenvalue weighted by Crippen LogP contribution is 2.11. The second-order valence-electron chi connectivity index (χ2n) is 1.41. The van der Waals surface area contributed by atoms with E-state index in [0.29, 0.717) is 0 Å². The first kappa shape index (κ1) is 13.6. The smallest absolute Gasteiger partial charge is 0.317 e. The predicted molar refractivity (Wildman–Crippen MR) is 38.7 cm³/mol. The molecule has 12 heavy (non-hydrogen) atoms. The van der Waals surface area contributed by atoms with Gasteiger partial charge in [0.15, 0.2) is 0 Å². The molecule has 0 aromatic heterocycles. The Morgan fingerprint density at radius 3 is 1.83 bits per heavy atom. The molecule has 0 spiro atoms. The Morgan fingerprint density at radius 2 is 1.83 bits per heavy atom. The van der Waals surface area contributed by atoms with E-state index in [4.69, 9.17) is 5.11 Å². The molecule has 0 saturated carbocycles. The summed E-state index contributed by atoms with van der Waals surface area (Å²) >= 11 is 4.08. The zero-order valence-electron chi connectivity index (χ0n) is 5.86. The molecule has 0 aromatic rings. The van der Waals surface area contributed by atoms with E-state index in [9.17, 15) is 18.0 Å². The van der Waals surface area contributed by atoms with Gasteiger partial charge < -0.3 is 5.11 Å². The minimum Gasteiger partial charge on any atom is -0.481 e. The maximum Gasteiger partial charge on any atom is 0.317 e. The van der Waals surface area contributed by atoms with Gasteiger partial charge in [-0.2, -0.15) is 13.2 Å². The van der Waals surface area contributed by atoms with E-state index in [-0.39, 0.29) is 6.42 Å². The van der Waals surface area contributed by atoms with Gasteiger partial charge in [-0.15, -0.1) is 6.58 Å². The van der Waals surface area contributed by atoms with Gasteiger partial charge in [0.05, 0.1) is 6.42 Å². The van der Waals surface area contributed by atoms with E-state index in [1.54, 1.807) is 0 Å². The maximum atomic E-state index is 10.7. The molecule has 0 amide bonds. The molecule has 2 nitrogen and oxygen atoms in total. The predicted octanol–water partition coefficient (Wildman–Crippen LogP) is 2.91. The largest absolute Gasteiger partial charge is 0.481 e. The third kappa shape index (κ3) is 16.0. The van der Waals surface area contributed by atoms with Crippen molar-refractivity contribution in [3.63, 3.8) is 0 Å². The number of hydrogen-bond acceptors (Lipinski definition) is 1. The monoisotopic (exact) mass is 202 g/mol. The van der Waals surface area contributed by atoms with Gasteiger partial charge >= 0.3 is 12.0 Å². The Kier molecular flexibility index (Phi) is 9.22. The summed E-state index contributed by atoms with van der Waals surface area (Å²) in [5, 5.41) is 5.91. The molecule has 0 fully saturated rings. The van der Waals surface area contributed by atoms with Crippen molar-refractivity contribution in [2.75, 3.05) is 0 Å². The lowest BCUT2D eigenvalue weighted by Crippen LogP contribution is -1.88. The van der Waals surface area contributed by atoms with E-state index in [1.165, 1.54) is 6.08 Å². The Balaban J connectivity index is 0. The minimum absolute atomic E-state index is 0.0556. The molecule has 0 aliphatic carbocycles. The molecule has 0 rings (SSSR count). The topological polar surface area (TPSA) is 37.3 Å². The van der Waals surface area contributed by atoms with Crippen LogP contribution in [-0.4, -0.2) is 11.1 Å². The molecular weight excluding hydrogens is 197 g/mol. The van der Waals surface area contributed by atoms with Crippen molar-refractivity contribution >= 4 is 17.6 Å². The molecule has 0 aliphatic rings. The van der Waals surface area contributed by atoms with E-state index >= 15 is 0 Å². The van der Waals surface area contributed by atoms with E-state index < -0.39 is 17.3 Å². The Labute approximate surface area is 71.9 Å². The van der Waals surface area contributed by atoms with Crippen LogP contribution in [0.15, 0.2) is 24.0 Å². The molecule has 0 unspecified atom stereocenters. The van der Waals surface area contributed by atoms with Crippen molar-refractivity contribution in [2.24, 2.45) is 0 Å². The quantitative estimate of drug-likeness (QED) is 0.699. The van der Waals surface area contributed by atoms with Gasteiger partial charge in [0.25, 0.3) is 5.29 Å². The molecule has 6 heteroatoms. The van der Waals surface area contributed by atoms with Gasteiger partial charge in [-0.25, -0.2) is 0 Å². The standard InChI is InChI=1S/C4H6O2.C2ClF3/c1-2-3-4(5)6;3-1(4)2(5)6/h2H,1,3H2,(H,5,6);. The number of aliphatic carboxylic acids is 1. The van der Waals surface area contributed by atoms with Crippen LogP contribution in [0.25, 0.3) is 0 Å². The number of rotatable bonds is 2. The fourth-order valence-corrected chi connectivity index (χ4v) is 0.123. The van der Waals surface area contributed by atoms with E-state index in [2.05, 4.69) is 18.2 Å². The average molecular weight is 203 g/mol.